The topological polar surface area (TPSA) is 46.4 Å². The lowest BCUT2D eigenvalue weighted by Crippen LogP contribution is -2.32. The number of hydrogen-bond acceptors (Lipinski definition) is 3. The molecule has 1 aromatic carbocycles. The molecule has 0 spiro atoms. The number of nitro groups is 1. The molecule has 0 radical (unpaired) electrons. The fourth-order valence-corrected chi connectivity index (χ4v) is 2.32. The second-order valence-corrected chi connectivity index (χ2v) is 4.70. The minimum absolute atomic E-state index is 0.398. The van der Waals surface area contributed by atoms with E-state index in [4.69, 9.17) is 0 Å². The zero-order chi connectivity index (χ0) is 13.1. The van der Waals surface area contributed by atoms with Crippen LogP contribution in [0.3, 0.4) is 0 Å². The van der Waals surface area contributed by atoms with E-state index in [1.54, 1.807) is 6.07 Å². The summed E-state index contributed by atoms with van der Waals surface area (Å²) in [5.41, 5.74) is -0.00641. The maximum absolute atomic E-state index is 13.6. The highest BCUT2D eigenvalue weighted by Crippen LogP contribution is 2.34. The molecular weight excluding hydrogens is 235 g/mol. The van der Waals surface area contributed by atoms with Crippen molar-refractivity contribution in [3.63, 3.8) is 0 Å². The van der Waals surface area contributed by atoms with Gasteiger partial charge in [-0.05, 0) is 37.8 Å². The molecule has 0 aromatic heterocycles. The fraction of sp³-hybridized carbons (Fsp3) is 0.538. The molecule has 0 saturated heterocycles. The summed E-state index contributed by atoms with van der Waals surface area (Å²) in [7, 11) is 0. The van der Waals surface area contributed by atoms with Crippen LogP contribution in [0.15, 0.2) is 18.2 Å². The molecule has 0 atom stereocenters. The van der Waals surface area contributed by atoms with Crippen LogP contribution in [-0.4, -0.2) is 18.0 Å². The van der Waals surface area contributed by atoms with Crippen LogP contribution in [0.2, 0.25) is 0 Å². The van der Waals surface area contributed by atoms with Crippen molar-refractivity contribution in [2.75, 3.05) is 18.0 Å². The van der Waals surface area contributed by atoms with Crippen molar-refractivity contribution in [1.82, 2.24) is 0 Å². The highest BCUT2D eigenvalue weighted by atomic mass is 19.1. The molecule has 5 heteroatoms. The van der Waals surface area contributed by atoms with Crippen LogP contribution in [0, 0.1) is 21.8 Å². The molecule has 98 valence electrons. The number of anilines is 1. The van der Waals surface area contributed by atoms with E-state index in [9.17, 15) is 14.5 Å². The molecule has 4 nitrogen and oxygen atoms in total. The maximum Gasteiger partial charge on any atom is 0.327 e. The molecule has 0 N–H and O–H groups in total. The van der Waals surface area contributed by atoms with E-state index in [-0.39, 0.29) is 0 Å². The van der Waals surface area contributed by atoms with Crippen LogP contribution in [0.5, 0.6) is 0 Å². The standard InChI is InChI=1S/C13H17FN2O2/c1-2-15(9-10-5-3-6-10)12-8-4-7-11(14)13(12)16(17)18/h4,7-8,10H,2-3,5-6,9H2,1H3. The number of hydrogen-bond donors (Lipinski definition) is 0. The van der Waals surface area contributed by atoms with E-state index in [2.05, 4.69) is 0 Å². The van der Waals surface area contributed by atoms with Crippen LogP contribution >= 0.6 is 0 Å². The van der Waals surface area contributed by atoms with E-state index in [1.165, 1.54) is 25.3 Å². The third kappa shape index (κ3) is 2.44. The van der Waals surface area contributed by atoms with Gasteiger partial charge in [0.15, 0.2) is 0 Å². The number of nitrogens with zero attached hydrogens (tertiary/aromatic N) is 2. The van der Waals surface area contributed by atoms with Gasteiger partial charge >= 0.3 is 5.69 Å². The van der Waals surface area contributed by atoms with E-state index in [0.717, 1.165) is 12.6 Å². The number of benzene rings is 1. The van der Waals surface area contributed by atoms with E-state index >= 15 is 0 Å². The van der Waals surface area contributed by atoms with Crippen molar-refractivity contribution >= 4 is 11.4 Å². The summed E-state index contributed by atoms with van der Waals surface area (Å²) in [6, 6.07) is 4.29. The summed E-state index contributed by atoms with van der Waals surface area (Å²) in [6.45, 7) is 3.37. The lowest BCUT2D eigenvalue weighted by atomic mass is 9.85. The monoisotopic (exact) mass is 252 g/mol. The first kappa shape index (κ1) is 12.8. The second kappa shape index (κ2) is 5.33. The number of rotatable bonds is 5. The fourth-order valence-electron chi connectivity index (χ4n) is 2.32. The molecule has 0 heterocycles. The third-order valence-electron chi connectivity index (χ3n) is 3.57. The Morgan fingerprint density at radius 3 is 2.72 bits per heavy atom. The quantitative estimate of drug-likeness (QED) is 0.596. The van der Waals surface area contributed by atoms with E-state index < -0.39 is 16.4 Å². The Labute approximate surface area is 106 Å². The number of halogens is 1. The Kier molecular flexibility index (Phi) is 3.79. The first-order valence-corrected chi connectivity index (χ1v) is 6.31. The van der Waals surface area contributed by atoms with Crippen LogP contribution in [0.25, 0.3) is 0 Å². The molecule has 0 amide bonds. The summed E-state index contributed by atoms with van der Waals surface area (Å²) in [5.74, 6) is -0.169. The average molecular weight is 252 g/mol. The molecular formula is C13H17FN2O2. The smallest absolute Gasteiger partial charge is 0.327 e. The lowest BCUT2D eigenvalue weighted by molar-refractivity contribution is -0.386. The first-order chi connectivity index (χ1) is 8.63. The third-order valence-corrected chi connectivity index (χ3v) is 3.57. The van der Waals surface area contributed by atoms with Crippen molar-refractivity contribution in [1.29, 1.82) is 0 Å². The van der Waals surface area contributed by atoms with Gasteiger partial charge in [-0.25, -0.2) is 0 Å². The lowest BCUT2D eigenvalue weighted by Gasteiger charge is -2.32. The van der Waals surface area contributed by atoms with Crippen LogP contribution in [-0.2, 0) is 0 Å². The molecule has 2 rings (SSSR count). The Hall–Kier alpha value is -1.65. The predicted molar refractivity (Wildman–Crippen MR) is 68.3 cm³/mol. The average Bonchev–Trinajstić information content (AvgIpc) is 2.27. The van der Waals surface area contributed by atoms with Gasteiger partial charge in [-0.15, -0.1) is 0 Å². The molecule has 1 aliphatic carbocycles. The van der Waals surface area contributed by atoms with Crippen molar-refractivity contribution in [2.45, 2.75) is 26.2 Å². The normalized spacial score (nSPS) is 15.2. The summed E-state index contributed by atoms with van der Waals surface area (Å²) in [5, 5.41) is 11.0. The Morgan fingerprint density at radius 1 is 1.50 bits per heavy atom. The van der Waals surface area contributed by atoms with Crippen molar-refractivity contribution in [2.24, 2.45) is 5.92 Å². The highest BCUT2D eigenvalue weighted by molar-refractivity contribution is 5.63. The van der Waals surface area contributed by atoms with E-state index in [1.807, 2.05) is 11.8 Å². The van der Waals surface area contributed by atoms with Gasteiger partial charge in [0.2, 0.25) is 5.82 Å². The molecule has 1 saturated carbocycles. The number of para-hydroxylation sites is 1. The number of nitro benzene ring substituents is 1. The van der Waals surface area contributed by atoms with Crippen molar-refractivity contribution in [3.05, 3.63) is 34.1 Å². The molecule has 18 heavy (non-hydrogen) atoms. The maximum atomic E-state index is 13.6. The van der Waals surface area contributed by atoms with Crippen molar-refractivity contribution in [3.8, 4) is 0 Å². The SMILES string of the molecule is CCN(CC1CCC1)c1cccc(F)c1[N+](=O)[O-]. The van der Waals surface area contributed by atoms with Crippen molar-refractivity contribution < 1.29 is 9.31 Å². The van der Waals surface area contributed by atoms with Gasteiger partial charge in [0.05, 0.1) is 4.92 Å². The van der Waals surface area contributed by atoms with Crippen LogP contribution in [0.1, 0.15) is 26.2 Å². The van der Waals surface area contributed by atoms with Gasteiger partial charge in [0.25, 0.3) is 0 Å². The zero-order valence-corrected chi connectivity index (χ0v) is 10.4. The first-order valence-electron chi connectivity index (χ1n) is 6.31. The Morgan fingerprint density at radius 2 is 2.22 bits per heavy atom. The predicted octanol–water partition coefficient (Wildman–Crippen LogP) is 3.36. The van der Waals surface area contributed by atoms with Gasteiger partial charge < -0.3 is 4.90 Å². The highest BCUT2D eigenvalue weighted by Gasteiger charge is 2.26. The minimum atomic E-state index is -0.760. The Bertz CT molecular complexity index is 447. The van der Waals surface area contributed by atoms with Gasteiger partial charge in [-0.1, -0.05) is 12.5 Å². The largest absolute Gasteiger partial charge is 0.366 e. The summed E-state index contributed by atoms with van der Waals surface area (Å²) >= 11 is 0. The van der Waals surface area contributed by atoms with Crippen LogP contribution < -0.4 is 4.90 Å². The minimum Gasteiger partial charge on any atom is -0.366 e. The zero-order valence-electron chi connectivity index (χ0n) is 10.4. The summed E-state index contributed by atoms with van der Waals surface area (Å²) in [6.07, 6.45) is 3.56. The Balaban J connectivity index is 2.28. The molecule has 0 aliphatic heterocycles. The molecule has 0 bridgehead atoms. The van der Waals surface area contributed by atoms with Crippen LogP contribution in [0.4, 0.5) is 15.8 Å². The molecule has 1 aromatic rings. The van der Waals surface area contributed by atoms with Gasteiger partial charge in [0, 0.05) is 13.1 Å². The molecule has 1 aliphatic rings. The van der Waals surface area contributed by atoms with E-state index in [0.29, 0.717) is 18.2 Å². The summed E-state index contributed by atoms with van der Waals surface area (Å²) in [4.78, 5) is 12.2. The molecule has 1 fully saturated rings. The summed E-state index contributed by atoms with van der Waals surface area (Å²) < 4.78 is 13.6. The second-order valence-electron chi connectivity index (χ2n) is 4.70. The molecule has 0 unspecified atom stereocenters. The van der Waals surface area contributed by atoms with Gasteiger partial charge in [0.1, 0.15) is 5.69 Å². The van der Waals surface area contributed by atoms with Gasteiger partial charge in [-0.2, -0.15) is 4.39 Å². The van der Waals surface area contributed by atoms with Gasteiger partial charge in [-0.3, -0.25) is 10.1 Å².